The Morgan fingerprint density at radius 2 is 2.38 bits per heavy atom. The predicted molar refractivity (Wildman–Crippen MR) is 31.6 cm³/mol. The van der Waals surface area contributed by atoms with Gasteiger partial charge in [0, 0.05) is 5.92 Å². The number of rotatable bonds is 0. The van der Waals surface area contributed by atoms with Gasteiger partial charge in [0.25, 0.3) is 0 Å². The molecule has 3 unspecified atom stereocenters. The van der Waals surface area contributed by atoms with Crippen LogP contribution in [0.25, 0.3) is 0 Å². The predicted octanol–water partition coefficient (Wildman–Crippen LogP) is 1.35. The molecule has 0 aromatic heterocycles. The quantitative estimate of drug-likeness (QED) is 0.428. The first-order chi connectivity index (χ1) is 3.86. The SMILES string of the molecule is CC1OC2C=CC1C2. The van der Waals surface area contributed by atoms with Gasteiger partial charge in [0.05, 0.1) is 12.2 Å². The lowest BCUT2D eigenvalue weighted by atomic mass is 10.1. The summed E-state index contributed by atoms with van der Waals surface area (Å²) in [4.78, 5) is 0. The Hall–Kier alpha value is -0.300. The molecule has 0 aromatic rings. The molecule has 0 aromatic carbocycles. The summed E-state index contributed by atoms with van der Waals surface area (Å²) in [5, 5.41) is 0. The molecule has 0 spiro atoms. The molecule has 2 rings (SSSR count). The Morgan fingerprint density at radius 1 is 1.50 bits per heavy atom. The topological polar surface area (TPSA) is 9.23 Å². The molecule has 3 atom stereocenters. The van der Waals surface area contributed by atoms with Crippen molar-refractivity contribution >= 4 is 0 Å². The smallest absolute Gasteiger partial charge is 0.0766 e. The Kier molecular flexibility index (Phi) is 0.770. The summed E-state index contributed by atoms with van der Waals surface area (Å²) >= 11 is 0. The Balaban J connectivity index is 2.23. The zero-order chi connectivity index (χ0) is 5.56. The summed E-state index contributed by atoms with van der Waals surface area (Å²) in [7, 11) is 0. The van der Waals surface area contributed by atoms with Crippen molar-refractivity contribution in [2.45, 2.75) is 25.6 Å². The number of hydrogen-bond donors (Lipinski definition) is 0. The first-order valence-corrected chi connectivity index (χ1v) is 3.20. The molecule has 0 N–H and O–H groups in total. The third-order valence-corrected chi connectivity index (χ3v) is 2.07. The van der Waals surface area contributed by atoms with Crippen LogP contribution in [0.5, 0.6) is 0 Å². The number of hydrogen-bond acceptors (Lipinski definition) is 1. The van der Waals surface area contributed by atoms with E-state index in [1.54, 1.807) is 0 Å². The van der Waals surface area contributed by atoms with Crippen LogP contribution in [0.4, 0.5) is 0 Å². The maximum Gasteiger partial charge on any atom is 0.0766 e. The largest absolute Gasteiger partial charge is 0.371 e. The van der Waals surface area contributed by atoms with Gasteiger partial charge in [0.15, 0.2) is 0 Å². The number of fused-ring (bicyclic) bond motifs is 2. The van der Waals surface area contributed by atoms with Gasteiger partial charge in [-0.1, -0.05) is 12.2 Å². The Labute approximate surface area is 49.3 Å². The highest BCUT2D eigenvalue weighted by Crippen LogP contribution is 2.33. The third-order valence-electron chi connectivity index (χ3n) is 2.07. The Bertz CT molecular complexity index is 128. The zero-order valence-corrected chi connectivity index (χ0v) is 5.00. The molecule has 2 aliphatic rings. The van der Waals surface area contributed by atoms with E-state index in [2.05, 4.69) is 19.1 Å². The molecule has 1 heterocycles. The molecule has 1 nitrogen and oxygen atoms in total. The normalized spacial score (nSPS) is 50.9. The van der Waals surface area contributed by atoms with E-state index in [1.165, 1.54) is 6.42 Å². The lowest BCUT2D eigenvalue weighted by Gasteiger charge is -2.11. The minimum Gasteiger partial charge on any atom is -0.371 e. The average Bonchev–Trinajstić information content (AvgIpc) is 2.23. The molecule has 1 saturated heterocycles. The highest BCUT2D eigenvalue weighted by molar-refractivity contribution is 5.09. The second kappa shape index (κ2) is 1.35. The van der Waals surface area contributed by atoms with Crippen molar-refractivity contribution in [1.82, 2.24) is 0 Å². The molecule has 1 heteroatoms. The molecule has 0 radical (unpaired) electrons. The maximum absolute atomic E-state index is 5.47. The summed E-state index contributed by atoms with van der Waals surface area (Å²) < 4.78 is 5.47. The summed E-state index contributed by atoms with van der Waals surface area (Å²) in [5.41, 5.74) is 0. The van der Waals surface area contributed by atoms with Crippen LogP contribution in [-0.2, 0) is 4.74 Å². The lowest BCUT2D eigenvalue weighted by molar-refractivity contribution is 0.0680. The van der Waals surface area contributed by atoms with Crippen LogP contribution in [0.2, 0.25) is 0 Å². The van der Waals surface area contributed by atoms with E-state index in [9.17, 15) is 0 Å². The van der Waals surface area contributed by atoms with Gasteiger partial charge in [-0.2, -0.15) is 0 Å². The van der Waals surface area contributed by atoms with Crippen LogP contribution in [0, 0.1) is 5.92 Å². The maximum atomic E-state index is 5.47. The molecular weight excluding hydrogens is 100 g/mol. The van der Waals surface area contributed by atoms with Gasteiger partial charge in [-0.15, -0.1) is 0 Å². The van der Waals surface area contributed by atoms with Crippen molar-refractivity contribution < 1.29 is 4.74 Å². The van der Waals surface area contributed by atoms with Gasteiger partial charge in [-0.3, -0.25) is 0 Å². The van der Waals surface area contributed by atoms with E-state index in [0.29, 0.717) is 12.2 Å². The summed E-state index contributed by atoms with van der Waals surface area (Å²) in [6, 6.07) is 0. The standard InChI is InChI=1S/C7H10O/c1-5-6-2-3-7(4-6)8-5/h2-3,5-7H,4H2,1H3. The van der Waals surface area contributed by atoms with Gasteiger partial charge in [-0.25, -0.2) is 0 Å². The summed E-state index contributed by atoms with van der Waals surface area (Å²) in [6.07, 6.45) is 6.64. The summed E-state index contributed by atoms with van der Waals surface area (Å²) in [5.74, 6) is 0.736. The van der Waals surface area contributed by atoms with Crippen molar-refractivity contribution in [1.29, 1.82) is 0 Å². The molecular formula is C7H10O. The Morgan fingerprint density at radius 3 is 2.62 bits per heavy atom. The molecule has 1 fully saturated rings. The van der Waals surface area contributed by atoms with E-state index in [-0.39, 0.29) is 0 Å². The van der Waals surface area contributed by atoms with Crippen molar-refractivity contribution in [3.05, 3.63) is 12.2 Å². The van der Waals surface area contributed by atoms with E-state index in [0.717, 1.165) is 5.92 Å². The van der Waals surface area contributed by atoms with Gasteiger partial charge in [0.1, 0.15) is 0 Å². The molecule has 0 saturated carbocycles. The molecule has 44 valence electrons. The van der Waals surface area contributed by atoms with Gasteiger partial charge < -0.3 is 4.74 Å². The molecule has 0 amide bonds. The minimum atomic E-state index is 0.468. The van der Waals surface area contributed by atoms with Crippen LogP contribution in [0.3, 0.4) is 0 Å². The van der Waals surface area contributed by atoms with Gasteiger partial charge in [-0.05, 0) is 13.3 Å². The fourth-order valence-corrected chi connectivity index (χ4v) is 1.52. The fourth-order valence-electron chi connectivity index (χ4n) is 1.52. The summed E-state index contributed by atoms with van der Waals surface area (Å²) in [6.45, 7) is 2.15. The molecule has 8 heavy (non-hydrogen) atoms. The van der Waals surface area contributed by atoms with Crippen LogP contribution >= 0.6 is 0 Å². The van der Waals surface area contributed by atoms with Crippen molar-refractivity contribution in [3.8, 4) is 0 Å². The average molecular weight is 110 g/mol. The second-order valence-corrected chi connectivity index (χ2v) is 2.66. The third kappa shape index (κ3) is 0.451. The molecule has 2 bridgehead atoms. The first-order valence-electron chi connectivity index (χ1n) is 3.20. The monoisotopic (exact) mass is 110 g/mol. The van der Waals surface area contributed by atoms with E-state index >= 15 is 0 Å². The van der Waals surface area contributed by atoms with E-state index in [4.69, 9.17) is 4.74 Å². The van der Waals surface area contributed by atoms with E-state index < -0.39 is 0 Å². The second-order valence-electron chi connectivity index (χ2n) is 2.66. The minimum absolute atomic E-state index is 0.468. The van der Waals surface area contributed by atoms with Crippen molar-refractivity contribution in [2.75, 3.05) is 0 Å². The van der Waals surface area contributed by atoms with Gasteiger partial charge in [0.2, 0.25) is 0 Å². The highest BCUT2D eigenvalue weighted by atomic mass is 16.5. The van der Waals surface area contributed by atoms with Crippen LogP contribution in [-0.4, -0.2) is 12.2 Å². The lowest BCUT2D eigenvalue weighted by Crippen LogP contribution is -2.12. The highest BCUT2D eigenvalue weighted by Gasteiger charge is 2.33. The zero-order valence-electron chi connectivity index (χ0n) is 5.00. The van der Waals surface area contributed by atoms with Crippen LogP contribution in [0.15, 0.2) is 12.2 Å². The molecule has 1 aliphatic carbocycles. The van der Waals surface area contributed by atoms with Crippen LogP contribution in [0.1, 0.15) is 13.3 Å². The number of ether oxygens (including phenoxy) is 1. The first kappa shape index (κ1) is 4.57. The molecule has 1 aliphatic heterocycles. The van der Waals surface area contributed by atoms with Crippen molar-refractivity contribution in [2.24, 2.45) is 5.92 Å². The van der Waals surface area contributed by atoms with Gasteiger partial charge >= 0.3 is 0 Å². The fraction of sp³-hybridized carbons (Fsp3) is 0.714. The van der Waals surface area contributed by atoms with E-state index in [1.807, 2.05) is 0 Å². The van der Waals surface area contributed by atoms with Crippen LogP contribution < -0.4 is 0 Å². The van der Waals surface area contributed by atoms with Crippen molar-refractivity contribution in [3.63, 3.8) is 0 Å².